The van der Waals surface area contributed by atoms with Crippen LogP contribution in [-0.2, 0) is 16.6 Å². The van der Waals surface area contributed by atoms with Crippen LogP contribution in [0.1, 0.15) is 44.8 Å². The van der Waals surface area contributed by atoms with E-state index in [2.05, 4.69) is 9.82 Å². The van der Waals surface area contributed by atoms with Gasteiger partial charge in [0.15, 0.2) is 0 Å². The molecule has 0 fully saturated rings. The number of rotatable bonds is 5. The van der Waals surface area contributed by atoms with Crippen LogP contribution in [0, 0.1) is 54.3 Å². The summed E-state index contributed by atoms with van der Waals surface area (Å²) in [6, 6.07) is 4.49. The molecule has 0 bridgehead atoms. The smallest absolute Gasteiger partial charge is 0.262 e. The van der Waals surface area contributed by atoms with E-state index < -0.39 is 15.8 Å². The summed E-state index contributed by atoms with van der Waals surface area (Å²) in [5.74, 6) is -0.431. The quantitative estimate of drug-likeness (QED) is 0.529. The Morgan fingerprint density at radius 3 is 2.06 bits per heavy atom. The minimum atomic E-state index is -3.86. The van der Waals surface area contributed by atoms with Gasteiger partial charge in [-0.2, -0.15) is 5.10 Å². The molecule has 5 nitrogen and oxygen atoms in total. The Balaban J connectivity index is 2.05. The van der Waals surface area contributed by atoms with Crippen LogP contribution >= 0.6 is 11.6 Å². The molecule has 2 aromatic carbocycles. The lowest BCUT2D eigenvalue weighted by Crippen LogP contribution is -2.18. The number of nitrogens with zero attached hydrogens (tertiary/aromatic N) is 2. The fourth-order valence-corrected chi connectivity index (χ4v) is 5.89. The molecule has 166 valence electrons. The molecule has 1 N–H and O–H groups in total. The maximum Gasteiger partial charge on any atom is 0.262 e. The summed E-state index contributed by atoms with van der Waals surface area (Å²) in [5, 5.41) is 4.72. The molecule has 0 aliphatic heterocycles. The Labute approximate surface area is 188 Å². The molecule has 0 aliphatic carbocycles. The second-order valence-electron chi connectivity index (χ2n) is 7.96. The second kappa shape index (κ2) is 8.28. The zero-order valence-corrected chi connectivity index (χ0v) is 20.4. The van der Waals surface area contributed by atoms with Gasteiger partial charge in [-0.1, -0.05) is 17.7 Å². The maximum absolute atomic E-state index is 14.2. The molecule has 0 aliphatic rings. The van der Waals surface area contributed by atoms with Crippen LogP contribution in [-0.4, -0.2) is 18.2 Å². The summed E-state index contributed by atoms with van der Waals surface area (Å²) >= 11 is 6.15. The number of hydrogen-bond acceptors (Lipinski definition) is 3. The molecule has 3 aromatic rings. The topological polar surface area (TPSA) is 64.0 Å². The molecular formula is C23H27ClFN3O2S. The number of aryl methyl sites for hydroxylation is 1. The van der Waals surface area contributed by atoms with E-state index in [4.69, 9.17) is 11.6 Å². The third kappa shape index (κ3) is 4.08. The first-order valence-corrected chi connectivity index (χ1v) is 11.8. The van der Waals surface area contributed by atoms with Crippen LogP contribution in [0.3, 0.4) is 0 Å². The van der Waals surface area contributed by atoms with E-state index in [1.54, 1.807) is 24.6 Å². The van der Waals surface area contributed by atoms with Crippen LogP contribution in [0.25, 0.3) is 0 Å². The van der Waals surface area contributed by atoms with Crippen molar-refractivity contribution in [2.75, 3.05) is 4.72 Å². The number of nitrogens with one attached hydrogen (secondary N) is 1. The average molecular weight is 464 g/mol. The van der Waals surface area contributed by atoms with Gasteiger partial charge < -0.3 is 0 Å². The lowest BCUT2D eigenvalue weighted by atomic mass is 9.95. The monoisotopic (exact) mass is 463 g/mol. The third-order valence-corrected chi connectivity index (χ3v) is 8.16. The van der Waals surface area contributed by atoms with Gasteiger partial charge in [0.05, 0.1) is 28.5 Å². The van der Waals surface area contributed by atoms with E-state index in [1.165, 1.54) is 12.1 Å². The molecular weight excluding hydrogens is 437 g/mol. The van der Waals surface area contributed by atoms with Crippen molar-refractivity contribution in [3.8, 4) is 0 Å². The fraction of sp³-hybridized carbons (Fsp3) is 0.348. The summed E-state index contributed by atoms with van der Waals surface area (Å²) in [7, 11) is -3.86. The number of sulfonamides is 1. The maximum atomic E-state index is 14.2. The van der Waals surface area contributed by atoms with Gasteiger partial charge >= 0.3 is 0 Å². The van der Waals surface area contributed by atoms with Crippen molar-refractivity contribution < 1.29 is 12.8 Å². The summed E-state index contributed by atoms with van der Waals surface area (Å²) < 4.78 is 45.3. The van der Waals surface area contributed by atoms with Crippen molar-refractivity contribution in [1.29, 1.82) is 0 Å². The largest absolute Gasteiger partial charge is 0.276 e. The van der Waals surface area contributed by atoms with Crippen LogP contribution in [0.15, 0.2) is 23.1 Å². The fourth-order valence-electron chi connectivity index (χ4n) is 3.89. The second-order valence-corrected chi connectivity index (χ2v) is 9.99. The van der Waals surface area contributed by atoms with Gasteiger partial charge in [0, 0.05) is 10.6 Å². The van der Waals surface area contributed by atoms with Crippen LogP contribution in [0.2, 0.25) is 5.02 Å². The third-order valence-electron chi connectivity index (χ3n) is 6.19. The molecule has 31 heavy (non-hydrogen) atoms. The molecule has 1 heterocycles. The minimum Gasteiger partial charge on any atom is -0.276 e. The van der Waals surface area contributed by atoms with Crippen LogP contribution < -0.4 is 4.72 Å². The molecule has 0 radical (unpaired) electrons. The highest BCUT2D eigenvalue weighted by Crippen LogP contribution is 2.32. The molecule has 0 unspecified atom stereocenters. The molecule has 1 aromatic heterocycles. The van der Waals surface area contributed by atoms with E-state index in [1.807, 2.05) is 34.6 Å². The van der Waals surface area contributed by atoms with Gasteiger partial charge in [-0.05, 0) is 88.4 Å². The van der Waals surface area contributed by atoms with Gasteiger partial charge in [-0.3, -0.25) is 9.40 Å². The highest BCUT2D eigenvalue weighted by Gasteiger charge is 2.26. The zero-order valence-electron chi connectivity index (χ0n) is 18.8. The van der Waals surface area contributed by atoms with Crippen LogP contribution in [0.4, 0.5) is 10.1 Å². The predicted molar refractivity (Wildman–Crippen MR) is 123 cm³/mol. The summed E-state index contributed by atoms with van der Waals surface area (Å²) in [6.45, 7) is 13.1. The summed E-state index contributed by atoms with van der Waals surface area (Å²) in [5.41, 5.74) is 6.26. The van der Waals surface area contributed by atoms with E-state index >= 15 is 0 Å². The number of aromatic nitrogens is 2. The highest BCUT2D eigenvalue weighted by atomic mass is 35.5. The van der Waals surface area contributed by atoms with Crippen molar-refractivity contribution in [1.82, 2.24) is 9.78 Å². The Bertz CT molecular complexity index is 1250. The lowest BCUT2D eigenvalue weighted by molar-refractivity contribution is 0.579. The Morgan fingerprint density at radius 1 is 0.968 bits per heavy atom. The first-order chi connectivity index (χ1) is 14.4. The Kier molecular flexibility index (Phi) is 6.22. The van der Waals surface area contributed by atoms with Crippen LogP contribution in [0.5, 0.6) is 0 Å². The average Bonchev–Trinajstić information content (AvgIpc) is 2.94. The molecule has 0 saturated carbocycles. The zero-order chi connectivity index (χ0) is 23.2. The summed E-state index contributed by atoms with van der Waals surface area (Å²) in [6.07, 6.45) is 0. The van der Waals surface area contributed by atoms with Crippen molar-refractivity contribution >= 4 is 27.3 Å². The molecule has 3 rings (SSSR count). The van der Waals surface area contributed by atoms with Crippen molar-refractivity contribution in [3.05, 3.63) is 73.8 Å². The first kappa shape index (κ1) is 23.3. The normalized spacial score (nSPS) is 11.8. The van der Waals surface area contributed by atoms with Gasteiger partial charge in [-0.15, -0.1) is 0 Å². The molecule has 8 heteroatoms. The van der Waals surface area contributed by atoms with Gasteiger partial charge in [0.25, 0.3) is 10.0 Å². The SMILES string of the molecule is Cc1nn(Cc2c(F)cccc2Cl)c(C)c1NS(=O)(=O)c1c(C)c(C)c(C)c(C)c1C. The molecule has 0 atom stereocenters. The number of anilines is 1. The Morgan fingerprint density at radius 2 is 1.52 bits per heavy atom. The molecule has 0 saturated heterocycles. The Hall–Kier alpha value is -2.38. The van der Waals surface area contributed by atoms with Gasteiger partial charge in [0.1, 0.15) is 5.82 Å². The van der Waals surface area contributed by atoms with E-state index in [0.717, 1.165) is 27.8 Å². The van der Waals surface area contributed by atoms with Crippen molar-refractivity contribution in [2.24, 2.45) is 0 Å². The molecule has 0 amide bonds. The number of halogens is 2. The van der Waals surface area contributed by atoms with Crippen molar-refractivity contribution in [2.45, 2.75) is 59.9 Å². The van der Waals surface area contributed by atoms with E-state index in [-0.39, 0.29) is 11.4 Å². The number of benzene rings is 2. The summed E-state index contributed by atoms with van der Waals surface area (Å²) in [4.78, 5) is 0.289. The predicted octanol–water partition coefficient (Wildman–Crippen LogP) is 5.68. The van der Waals surface area contributed by atoms with E-state index in [0.29, 0.717) is 27.7 Å². The van der Waals surface area contributed by atoms with Crippen molar-refractivity contribution in [3.63, 3.8) is 0 Å². The minimum absolute atomic E-state index is 0.0979. The van der Waals surface area contributed by atoms with Gasteiger partial charge in [-0.25, -0.2) is 12.8 Å². The first-order valence-electron chi connectivity index (χ1n) is 9.93. The van der Waals surface area contributed by atoms with Gasteiger partial charge in [0.2, 0.25) is 0 Å². The lowest BCUT2D eigenvalue weighted by Gasteiger charge is -2.19. The molecule has 0 spiro atoms. The highest BCUT2D eigenvalue weighted by molar-refractivity contribution is 7.92. The standard InChI is InChI=1S/C23H27ClFN3O2S/c1-12-13(2)15(4)23(16(5)14(12)3)31(29,30)27-22-17(6)26-28(18(22)7)11-19-20(24)9-8-10-21(19)25/h8-10,27H,11H2,1-7H3. The number of hydrogen-bond donors (Lipinski definition) is 1. The van der Waals surface area contributed by atoms with E-state index in [9.17, 15) is 12.8 Å².